The lowest BCUT2D eigenvalue weighted by Gasteiger charge is -2.35. The zero-order chi connectivity index (χ0) is 12.5. The van der Waals surface area contributed by atoms with Crippen molar-refractivity contribution in [3.05, 3.63) is 28.8 Å². The Balaban J connectivity index is 1.88. The average Bonchev–Trinajstić information content (AvgIpc) is 2.71. The third-order valence-electron chi connectivity index (χ3n) is 3.80. The minimum absolute atomic E-state index is 0.408. The Morgan fingerprint density at radius 3 is 2.72 bits per heavy atom. The summed E-state index contributed by atoms with van der Waals surface area (Å²) in [5, 5.41) is 4.03. The summed E-state index contributed by atoms with van der Waals surface area (Å²) in [6.07, 6.45) is 3.21. The van der Waals surface area contributed by atoms with Gasteiger partial charge >= 0.3 is 0 Å². The van der Waals surface area contributed by atoms with E-state index in [4.69, 9.17) is 16.3 Å². The van der Waals surface area contributed by atoms with Gasteiger partial charge in [0.1, 0.15) is 0 Å². The van der Waals surface area contributed by atoms with Crippen LogP contribution in [-0.2, 0) is 11.3 Å². The molecule has 2 atom stereocenters. The number of nitrogens with zero attached hydrogens (tertiary/aromatic N) is 1. The van der Waals surface area contributed by atoms with Crippen LogP contribution in [0.5, 0.6) is 0 Å². The maximum Gasteiger partial charge on any atom is 0.0755 e. The van der Waals surface area contributed by atoms with Crippen molar-refractivity contribution in [2.75, 3.05) is 25.0 Å². The second-order valence-corrected chi connectivity index (χ2v) is 5.60. The molecule has 0 spiro atoms. The standard InChI is InChI=1S/C14H19ClN2O/c1-16-7-10-2-3-11(15)6-14(10)17-8-12-4-5-13(9-17)18-12/h2-3,6,12-13,16H,4-5,7-9H2,1H3. The molecule has 18 heavy (non-hydrogen) atoms. The van der Waals surface area contributed by atoms with E-state index in [0.717, 1.165) is 24.7 Å². The predicted octanol–water partition coefficient (Wildman–Crippen LogP) is 2.43. The summed E-state index contributed by atoms with van der Waals surface area (Å²) in [5.74, 6) is 0. The van der Waals surface area contributed by atoms with Crippen LogP contribution in [0, 0.1) is 0 Å². The number of benzene rings is 1. The van der Waals surface area contributed by atoms with Gasteiger partial charge in [0, 0.05) is 30.3 Å². The summed E-state index contributed by atoms with van der Waals surface area (Å²) in [7, 11) is 1.97. The highest BCUT2D eigenvalue weighted by Crippen LogP contribution is 2.32. The van der Waals surface area contributed by atoms with E-state index < -0.39 is 0 Å². The molecule has 2 fully saturated rings. The molecule has 4 heteroatoms. The van der Waals surface area contributed by atoms with E-state index in [1.807, 2.05) is 13.1 Å². The lowest BCUT2D eigenvalue weighted by molar-refractivity contribution is 0.0304. The molecule has 0 amide bonds. The van der Waals surface area contributed by atoms with E-state index in [0.29, 0.717) is 12.2 Å². The van der Waals surface area contributed by atoms with Gasteiger partial charge in [-0.2, -0.15) is 0 Å². The van der Waals surface area contributed by atoms with Crippen LogP contribution in [0.15, 0.2) is 18.2 Å². The Labute approximate surface area is 113 Å². The molecule has 3 rings (SSSR count). The lowest BCUT2D eigenvalue weighted by Crippen LogP contribution is -2.43. The molecule has 2 unspecified atom stereocenters. The van der Waals surface area contributed by atoms with Crippen molar-refractivity contribution in [3.8, 4) is 0 Å². The molecule has 2 bridgehead atoms. The Kier molecular flexibility index (Phi) is 3.46. The molecule has 2 saturated heterocycles. The van der Waals surface area contributed by atoms with Gasteiger partial charge in [0.2, 0.25) is 0 Å². The van der Waals surface area contributed by atoms with Gasteiger partial charge in [-0.1, -0.05) is 17.7 Å². The van der Waals surface area contributed by atoms with Gasteiger partial charge < -0.3 is 15.0 Å². The fourth-order valence-corrected chi connectivity index (χ4v) is 3.15. The van der Waals surface area contributed by atoms with Gasteiger partial charge in [-0.25, -0.2) is 0 Å². The van der Waals surface area contributed by atoms with Gasteiger partial charge in [0.15, 0.2) is 0 Å². The Morgan fingerprint density at radius 1 is 1.33 bits per heavy atom. The van der Waals surface area contributed by atoms with Crippen molar-refractivity contribution < 1.29 is 4.74 Å². The van der Waals surface area contributed by atoms with E-state index >= 15 is 0 Å². The van der Waals surface area contributed by atoms with E-state index in [1.165, 1.54) is 24.1 Å². The fraction of sp³-hybridized carbons (Fsp3) is 0.571. The maximum absolute atomic E-state index is 6.15. The summed E-state index contributed by atoms with van der Waals surface area (Å²) in [6.45, 7) is 2.86. The first-order chi connectivity index (χ1) is 8.76. The second kappa shape index (κ2) is 5.08. The smallest absolute Gasteiger partial charge is 0.0755 e. The number of hydrogen-bond donors (Lipinski definition) is 1. The average molecular weight is 267 g/mol. The van der Waals surface area contributed by atoms with E-state index in [2.05, 4.69) is 22.3 Å². The molecule has 0 aliphatic carbocycles. The highest BCUT2D eigenvalue weighted by atomic mass is 35.5. The Morgan fingerprint density at radius 2 is 2.06 bits per heavy atom. The number of hydrogen-bond acceptors (Lipinski definition) is 3. The Hall–Kier alpha value is -0.770. The van der Waals surface area contributed by atoms with Crippen LogP contribution < -0.4 is 10.2 Å². The molecule has 3 nitrogen and oxygen atoms in total. The topological polar surface area (TPSA) is 24.5 Å². The monoisotopic (exact) mass is 266 g/mol. The van der Waals surface area contributed by atoms with Crippen LogP contribution in [0.3, 0.4) is 0 Å². The molecule has 98 valence electrons. The van der Waals surface area contributed by atoms with Crippen LogP contribution >= 0.6 is 11.6 Å². The fourth-order valence-electron chi connectivity index (χ4n) is 2.98. The first-order valence-corrected chi connectivity index (χ1v) is 6.97. The Bertz CT molecular complexity index is 426. The quantitative estimate of drug-likeness (QED) is 0.909. The third-order valence-corrected chi connectivity index (χ3v) is 4.03. The minimum Gasteiger partial charge on any atom is -0.371 e. The summed E-state index contributed by atoms with van der Waals surface area (Å²) in [5.41, 5.74) is 2.57. The van der Waals surface area contributed by atoms with Gasteiger partial charge in [-0.3, -0.25) is 0 Å². The molecular weight excluding hydrogens is 248 g/mol. The number of rotatable bonds is 3. The van der Waals surface area contributed by atoms with Gasteiger partial charge in [0.25, 0.3) is 0 Å². The van der Waals surface area contributed by atoms with Crippen LogP contribution in [0.1, 0.15) is 18.4 Å². The normalized spacial score (nSPS) is 26.7. The third kappa shape index (κ3) is 2.35. The van der Waals surface area contributed by atoms with Crippen molar-refractivity contribution in [1.29, 1.82) is 0 Å². The number of anilines is 1. The number of morpholine rings is 1. The SMILES string of the molecule is CNCc1ccc(Cl)cc1N1CC2CCC(C1)O2. The molecule has 1 aromatic carbocycles. The zero-order valence-corrected chi connectivity index (χ0v) is 11.4. The van der Waals surface area contributed by atoms with Crippen molar-refractivity contribution in [2.24, 2.45) is 0 Å². The second-order valence-electron chi connectivity index (χ2n) is 5.17. The number of ether oxygens (including phenoxy) is 1. The van der Waals surface area contributed by atoms with Crippen LogP contribution in [0.4, 0.5) is 5.69 Å². The zero-order valence-electron chi connectivity index (χ0n) is 10.7. The molecule has 2 aliphatic heterocycles. The molecule has 0 saturated carbocycles. The summed E-state index contributed by atoms with van der Waals surface area (Å²) >= 11 is 6.15. The van der Waals surface area contributed by atoms with Gasteiger partial charge in [-0.15, -0.1) is 0 Å². The molecule has 0 radical (unpaired) electrons. The molecular formula is C14H19ClN2O. The highest BCUT2D eigenvalue weighted by molar-refractivity contribution is 6.30. The van der Waals surface area contributed by atoms with Crippen molar-refractivity contribution >= 4 is 17.3 Å². The molecule has 2 heterocycles. The minimum atomic E-state index is 0.408. The lowest BCUT2D eigenvalue weighted by atomic mass is 10.1. The van der Waals surface area contributed by atoms with Crippen LogP contribution in [0.2, 0.25) is 5.02 Å². The summed E-state index contributed by atoms with van der Waals surface area (Å²) in [6, 6.07) is 6.16. The van der Waals surface area contributed by atoms with Crippen molar-refractivity contribution in [3.63, 3.8) is 0 Å². The van der Waals surface area contributed by atoms with E-state index in [1.54, 1.807) is 0 Å². The largest absolute Gasteiger partial charge is 0.371 e. The van der Waals surface area contributed by atoms with Crippen LogP contribution in [0.25, 0.3) is 0 Å². The molecule has 1 aromatic rings. The number of fused-ring (bicyclic) bond motifs is 2. The predicted molar refractivity (Wildman–Crippen MR) is 74.3 cm³/mol. The van der Waals surface area contributed by atoms with Gasteiger partial charge in [0.05, 0.1) is 12.2 Å². The molecule has 0 aromatic heterocycles. The van der Waals surface area contributed by atoms with Gasteiger partial charge in [-0.05, 0) is 37.6 Å². The molecule has 2 aliphatic rings. The van der Waals surface area contributed by atoms with Crippen molar-refractivity contribution in [2.45, 2.75) is 31.6 Å². The highest BCUT2D eigenvalue weighted by Gasteiger charge is 2.34. The van der Waals surface area contributed by atoms with E-state index in [9.17, 15) is 0 Å². The number of halogens is 1. The first kappa shape index (κ1) is 12.3. The van der Waals surface area contributed by atoms with E-state index in [-0.39, 0.29) is 0 Å². The van der Waals surface area contributed by atoms with Crippen LogP contribution in [-0.4, -0.2) is 32.3 Å². The van der Waals surface area contributed by atoms with Crippen molar-refractivity contribution in [1.82, 2.24) is 5.32 Å². The molecule has 1 N–H and O–H groups in total. The summed E-state index contributed by atoms with van der Waals surface area (Å²) < 4.78 is 5.89. The first-order valence-electron chi connectivity index (χ1n) is 6.59. The summed E-state index contributed by atoms with van der Waals surface area (Å²) in [4.78, 5) is 2.43. The number of nitrogens with one attached hydrogen (secondary N) is 1. The maximum atomic E-state index is 6.15.